The second kappa shape index (κ2) is 9.36. The van der Waals surface area contributed by atoms with Gasteiger partial charge in [-0.15, -0.1) is 0 Å². The van der Waals surface area contributed by atoms with Crippen LogP contribution in [0.2, 0.25) is 0 Å². The standard InChI is InChI=1S/C12H22N2O3S2/c1-2-9(5-11(15)16)6-13-12(17)14-7-10-8-18-3-4-19-10/h9-10H,2-8H2,1H3,(H,15,16)(H2,13,14,17). The topological polar surface area (TPSA) is 78.4 Å². The summed E-state index contributed by atoms with van der Waals surface area (Å²) in [6.07, 6.45) is 0.855. The Morgan fingerprint density at radius 2 is 2.16 bits per heavy atom. The molecule has 1 heterocycles. The summed E-state index contributed by atoms with van der Waals surface area (Å²) < 4.78 is 0. The lowest BCUT2D eigenvalue weighted by molar-refractivity contribution is -0.138. The minimum Gasteiger partial charge on any atom is -0.481 e. The molecule has 7 heteroatoms. The van der Waals surface area contributed by atoms with Crippen LogP contribution in [-0.2, 0) is 4.79 Å². The molecule has 19 heavy (non-hydrogen) atoms. The van der Waals surface area contributed by atoms with Gasteiger partial charge >= 0.3 is 12.0 Å². The second-order valence-electron chi connectivity index (χ2n) is 4.53. The Morgan fingerprint density at radius 1 is 1.37 bits per heavy atom. The van der Waals surface area contributed by atoms with E-state index in [4.69, 9.17) is 5.11 Å². The zero-order valence-electron chi connectivity index (χ0n) is 11.2. The van der Waals surface area contributed by atoms with Gasteiger partial charge in [0.1, 0.15) is 0 Å². The van der Waals surface area contributed by atoms with Gasteiger partial charge in [-0.25, -0.2) is 4.79 Å². The maximum atomic E-state index is 11.6. The number of aliphatic carboxylic acids is 1. The SMILES string of the molecule is CCC(CNC(=O)NCC1CSCCS1)CC(=O)O. The number of amides is 2. The number of urea groups is 1. The smallest absolute Gasteiger partial charge is 0.314 e. The predicted molar refractivity (Wildman–Crippen MR) is 81.0 cm³/mol. The van der Waals surface area contributed by atoms with Crippen LogP contribution >= 0.6 is 23.5 Å². The molecular formula is C12H22N2O3S2. The molecule has 0 aromatic carbocycles. The van der Waals surface area contributed by atoms with E-state index in [2.05, 4.69) is 10.6 Å². The van der Waals surface area contributed by atoms with Crippen molar-refractivity contribution in [3.05, 3.63) is 0 Å². The summed E-state index contributed by atoms with van der Waals surface area (Å²) in [5, 5.41) is 14.8. The minimum atomic E-state index is -0.815. The zero-order valence-corrected chi connectivity index (χ0v) is 12.8. The molecule has 110 valence electrons. The fraction of sp³-hybridized carbons (Fsp3) is 0.833. The number of rotatable bonds is 7. The van der Waals surface area contributed by atoms with Gasteiger partial charge in [0.2, 0.25) is 0 Å². The van der Waals surface area contributed by atoms with Crippen LogP contribution in [0.3, 0.4) is 0 Å². The van der Waals surface area contributed by atoms with Crippen LogP contribution in [0.1, 0.15) is 19.8 Å². The van der Waals surface area contributed by atoms with Crippen molar-refractivity contribution in [3.63, 3.8) is 0 Å². The predicted octanol–water partition coefficient (Wildman–Crippen LogP) is 1.64. The van der Waals surface area contributed by atoms with E-state index in [-0.39, 0.29) is 18.4 Å². The molecule has 3 N–H and O–H groups in total. The van der Waals surface area contributed by atoms with Gasteiger partial charge in [-0.05, 0) is 5.92 Å². The molecule has 1 fully saturated rings. The molecule has 1 rings (SSSR count). The number of hydrogen-bond acceptors (Lipinski definition) is 4. The second-order valence-corrected chi connectivity index (χ2v) is 7.09. The molecule has 0 bridgehead atoms. The first-order valence-electron chi connectivity index (χ1n) is 6.54. The summed E-state index contributed by atoms with van der Waals surface area (Å²) in [6, 6.07) is -0.194. The highest BCUT2D eigenvalue weighted by atomic mass is 32.2. The molecule has 1 aliphatic heterocycles. The van der Waals surface area contributed by atoms with Gasteiger partial charge < -0.3 is 15.7 Å². The Bertz CT molecular complexity index is 297. The van der Waals surface area contributed by atoms with E-state index in [1.165, 1.54) is 5.75 Å². The molecule has 0 radical (unpaired) electrons. The Balaban J connectivity index is 2.13. The van der Waals surface area contributed by atoms with Gasteiger partial charge in [0.15, 0.2) is 0 Å². The maximum absolute atomic E-state index is 11.6. The van der Waals surface area contributed by atoms with Crippen molar-refractivity contribution in [2.24, 2.45) is 5.92 Å². The monoisotopic (exact) mass is 306 g/mol. The average Bonchev–Trinajstić information content (AvgIpc) is 2.42. The van der Waals surface area contributed by atoms with Crippen molar-refractivity contribution in [1.82, 2.24) is 10.6 Å². The summed E-state index contributed by atoms with van der Waals surface area (Å²) in [5.74, 6) is 2.62. The summed E-state index contributed by atoms with van der Waals surface area (Å²) in [5.41, 5.74) is 0. The van der Waals surface area contributed by atoms with E-state index in [9.17, 15) is 9.59 Å². The van der Waals surface area contributed by atoms with Crippen molar-refractivity contribution in [3.8, 4) is 0 Å². The van der Waals surface area contributed by atoms with Crippen molar-refractivity contribution in [2.75, 3.05) is 30.3 Å². The third-order valence-corrected chi connectivity index (χ3v) is 5.81. The summed E-state index contributed by atoms with van der Waals surface area (Å²) in [7, 11) is 0. The molecule has 0 saturated carbocycles. The van der Waals surface area contributed by atoms with Gasteiger partial charge in [-0.3, -0.25) is 4.79 Å². The minimum absolute atomic E-state index is 0.00265. The highest BCUT2D eigenvalue weighted by Gasteiger charge is 2.16. The van der Waals surface area contributed by atoms with E-state index in [0.29, 0.717) is 18.3 Å². The van der Waals surface area contributed by atoms with Crippen LogP contribution in [0.15, 0.2) is 0 Å². The Kier molecular flexibility index (Phi) is 8.13. The molecule has 5 nitrogen and oxygen atoms in total. The van der Waals surface area contributed by atoms with Crippen LogP contribution in [0.5, 0.6) is 0 Å². The lowest BCUT2D eigenvalue weighted by atomic mass is 10.0. The Hall–Kier alpha value is -0.560. The van der Waals surface area contributed by atoms with Crippen LogP contribution < -0.4 is 10.6 Å². The van der Waals surface area contributed by atoms with E-state index >= 15 is 0 Å². The van der Waals surface area contributed by atoms with Crippen molar-refractivity contribution < 1.29 is 14.7 Å². The van der Waals surface area contributed by atoms with Gasteiger partial charge in [0.05, 0.1) is 0 Å². The highest BCUT2D eigenvalue weighted by molar-refractivity contribution is 8.06. The Morgan fingerprint density at radius 3 is 2.74 bits per heavy atom. The molecule has 2 amide bonds. The van der Waals surface area contributed by atoms with Crippen molar-refractivity contribution in [1.29, 1.82) is 0 Å². The van der Waals surface area contributed by atoms with Gasteiger partial charge in [0.25, 0.3) is 0 Å². The summed E-state index contributed by atoms with van der Waals surface area (Å²) in [4.78, 5) is 22.2. The van der Waals surface area contributed by atoms with Crippen LogP contribution in [0.4, 0.5) is 4.79 Å². The molecule has 0 aromatic heterocycles. The van der Waals surface area contributed by atoms with Gasteiger partial charge in [-0.1, -0.05) is 13.3 Å². The molecule has 1 saturated heterocycles. The third-order valence-electron chi connectivity index (χ3n) is 2.97. The van der Waals surface area contributed by atoms with E-state index < -0.39 is 5.97 Å². The van der Waals surface area contributed by atoms with Gasteiger partial charge in [-0.2, -0.15) is 23.5 Å². The number of carbonyl (C=O) groups excluding carboxylic acids is 1. The Labute approximate surface area is 122 Å². The highest BCUT2D eigenvalue weighted by Crippen LogP contribution is 2.23. The number of carboxylic acid groups (broad SMARTS) is 1. The van der Waals surface area contributed by atoms with Crippen LogP contribution in [-0.4, -0.2) is 52.7 Å². The number of carbonyl (C=O) groups is 2. The number of nitrogens with one attached hydrogen (secondary N) is 2. The molecule has 0 aromatic rings. The van der Waals surface area contributed by atoms with Crippen molar-refractivity contribution >= 4 is 35.5 Å². The van der Waals surface area contributed by atoms with E-state index in [0.717, 1.165) is 17.9 Å². The lowest BCUT2D eigenvalue weighted by Crippen LogP contribution is -2.42. The number of carboxylic acids is 1. The molecule has 2 atom stereocenters. The van der Waals surface area contributed by atoms with Crippen molar-refractivity contribution in [2.45, 2.75) is 25.0 Å². The van der Waals surface area contributed by atoms with Crippen LogP contribution in [0, 0.1) is 5.92 Å². The first-order chi connectivity index (χ1) is 9.11. The quantitative estimate of drug-likeness (QED) is 0.666. The third kappa shape index (κ3) is 7.57. The van der Waals surface area contributed by atoms with Crippen LogP contribution in [0.25, 0.3) is 0 Å². The first kappa shape index (κ1) is 16.5. The molecule has 0 spiro atoms. The largest absolute Gasteiger partial charge is 0.481 e. The molecule has 0 aliphatic carbocycles. The summed E-state index contributed by atoms with van der Waals surface area (Å²) in [6.45, 7) is 3.03. The maximum Gasteiger partial charge on any atom is 0.314 e. The summed E-state index contributed by atoms with van der Waals surface area (Å²) >= 11 is 3.83. The molecular weight excluding hydrogens is 284 g/mol. The number of hydrogen-bond donors (Lipinski definition) is 3. The molecule has 2 unspecified atom stereocenters. The lowest BCUT2D eigenvalue weighted by Gasteiger charge is -2.21. The fourth-order valence-corrected chi connectivity index (χ4v) is 4.38. The van der Waals surface area contributed by atoms with E-state index in [1.54, 1.807) is 0 Å². The number of thioether (sulfide) groups is 2. The first-order valence-corrected chi connectivity index (χ1v) is 8.75. The molecule has 1 aliphatic rings. The zero-order chi connectivity index (χ0) is 14.1. The van der Waals surface area contributed by atoms with E-state index in [1.807, 2.05) is 30.4 Å². The average molecular weight is 306 g/mol. The van der Waals surface area contributed by atoms with Gasteiger partial charge in [0, 0.05) is 42.0 Å². The normalized spacial score (nSPS) is 20.6. The fourth-order valence-electron chi connectivity index (χ4n) is 1.77.